The Bertz CT molecular complexity index is 573. The molecule has 1 aromatic rings. The van der Waals surface area contributed by atoms with Gasteiger partial charge in [0.05, 0.1) is 36.5 Å². The molecule has 6 heteroatoms. The van der Waals surface area contributed by atoms with Crippen molar-refractivity contribution < 1.29 is 14.2 Å². The topological polar surface area (TPSA) is 64.4 Å². The number of rotatable bonds is 6. The third-order valence-electron chi connectivity index (χ3n) is 5.10. The molecule has 1 aromatic heterocycles. The van der Waals surface area contributed by atoms with E-state index in [-0.39, 0.29) is 12.4 Å². The standard InChI is InChI=1S/C19H25BrN2O3/c20-15-4-5-17(22-13-15)19(14-21)8-6-16(7-9-19)23-11-12-25-18-3-1-2-10-24-18/h4-5,13,16,18H,1-3,6-12H2. The van der Waals surface area contributed by atoms with Crippen molar-refractivity contribution in [2.45, 2.75) is 62.8 Å². The Labute approximate surface area is 157 Å². The SMILES string of the molecule is N#CC1(c2ccc(Br)cn2)CCC(OCCOC2CCCCO2)CC1. The molecule has 0 amide bonds. The summed E-state index contributed by atoms with van der Waals surface area (Å²) in [5.74, 6) is 0. The molecule has 136 valence electrons. The van der Waals surface area contributed by atoms with Crippen LogP contribution in [0.1, 0.15) is 50.6 Å². The molecule has 3 rings (SSSR count). The van der Waals surface area contributed by atoms with Crippen LogP contribution in [0.15, 0.2) is 22.8 Å². The molecule has 1 unspecified atom stereocenters. The molecule has 1 atom stereocenters. The summed E-state index contributed by atoms with van der Waals surface area (Å²) >= 11 is 3.40. The lowest BCUT2D eigenvalue weighted by Gasteiger charge is -2.34. The smallest absolute Gasteiger partial charge is 0.157 e. The summed E-state index contributed by atoms with van der Waals surface area (Å²) in [7, 11) is 0. The highest BCUT2D eigenvalue weighted by Crippen LogP contribution is 2.39. The van der Waals surface area contributed by atoms with Crippen molar-refractivity contribution in [3.63, 3.8) is 0 Å². The van der Waals surface area contributed by atoms with Crippen LogP contribution in [0.2, 0.25) is 0 Å². The minimum Gasteiger partial charge on any atom is -0.376 e. The molecule has 2 heterocycles. The second kappa shape index (κ2) is 9.09. The molecule has 5 nitrogen and oxygen atoms in total. The number of pyridine rings is 1. The predicted molar refractivity (Wildman–Crippen MR) is 97.0 cm³/mol. The Morgan fingerprint density at radius 1 is 1.20 bits per heavy atom. The predicted octanol–water partition coefficient (Wildman–Crippen LogP) is 4.11. The van der Waals surface area contributed by atoms with E-state index in [9.17, 15) is 5.26 Å². The first kappa shape index (κ1) is 18.8. The lowest BCUT2D eigenvalue weighted by molar-refractivity contribution is -0.172. The normalized spacial score (nSPS) is 29.9. The average Bonchev–Trinajstić information content (AvgIpc) is 2.67. The van der Waals surface area contributed by atoms with Gasteiger partial charge in [-0.2, -0.15) is 5.26 Å². The van der Waals surface area contributed by atoms with Gasteiger partial charge >= 0.3 is 0 Å². The molecule has 2 fully saturated rings. The van der Waals surface area contributed by atoms with Crippen molar-refractivity contribution in [3.8, 4) is 6.07 Å². The fourth-order valence-corrected chi connectivity index (χ4v) is 3.81. The zero-order valence-electron chi connectivity index (χ0n) is 14.5. The third-order valence-corrected chi connectivity index (χ3v) is 5.57. The molecular weight excluding hydrogens is 384 g/mol. The van der Waals surface area contributed by atoms with Gasteiger partial charge in [-0.3, -0.25) is 4.98 Å². The number of halogens is 1. The molecular formula is C19H25BrN2O3. The summed E-state index contributed by atoms with van der Waals surface area (Å²) in [6.07, 6.45) is 8.53. The number of aromatic nitrogens is 1. The fraction of sp³-hybridized carbons (Fsp3) is 0.684. The molecule has 0 radical (unpaired) electrons. The van der Waals surface area contributed by atoms with Crippen LogP contribution in [0.25, 0.3) is 0 Å². The Morgan fingerprint density at radius 3 is 2.64 bits per heavy atom. The van der Waals surface area contributed by atoms with E-state index in [1.54, 1.807) is 6.20 Å². The third kappa shape index (κ3) is 5.01. The number of ether oxygens (including phenoxy) is 3. The highest BCUT2D eigenvalue weighted by molar-refractivity contribution is 9.10. The van der Waals surface area contributed by atoms with Crippen LogP contribution in [0.4, 0.5) is 0 Å². The molecule has 1 aliphatic heterocycles. The molecule has 0 spiro atoms. The van der Waals surface area contributed by atoms with Gasteiger partial charge in [-0.15, -0.1) is 0 Å². The van der Waals surface area contributed by atoms with E-state index in [0.717, 1.165) is 55.3 Å². The van der Waals surface area contributed by atoms with E-state index in [0.29, 0.717) is 13.2 Å². The average molecular weight is 409 g/mol. The molecule has 25 heavy (non-hydrogen) atoms. The quantitative estimate of drug-likeness (QED) is 0.662. The second-order valence-corrected chi connectivity index (χ2v) is 7.71. The van der Waals surface area contributed by atoms with Crippen molar-refractivity contribution in [3.05, 3.63) is 28.5 Å². The Balaban J connectivity index is 1.41. The van der Waals surface area contributed by atoms with Crippen LogP contribution >= 0.6 is 15.9 Å². The number of hydrogen-bond acceptors (Lipinski definition) is 5. The van der Waals surface area contributed by atoms with Crippen LogP contribution in [-0.4, -0.2) is 37.2 Å². The van der Waals surface area contributed by atoms with Crippen LogP contribution in [0, 0.1) is 11.3 Å². The minimum absolute atomic E-state index is 0.0570. The number of nitrogens with zero attached hydrogens (tertiary/aromatic N) is 2. The molecule has 0 bridgehead atoms. The van der Waals surface area contributed by atoms with Gasteiger partial charge in [0.1, 0.15) is 0 Å². The zero-order valence-corrected chi connectivity index (χ0v) is 16.0. The molecule has 0 aromatic carbocycles. The largest absolute Gasteiger partial charge is 0.376 e. The zero-order chi connectivity index (χ0) is 17.5. The minimum atomic E-state index is -0.479. The first-order valence-corrected chi connectivity index (χ1v) is 9.89. The Kier molecular flexibility index (Phi) is 6.83. The van der Waals surface area contributed by atoms with Gasteiger partial charge in [0.25, 0.3) is 0 Å². The van der Waals surface area contributed by atoms with E-state index in [4.69, 9.17) is 14.2 Å². The van der Waals surface area contributed by atoms with Gasteiger partial charge < -0.3 is 14.2 Å². The molecule has 0 N–H and O–H groups in total. The van der Waals surface area contributed by atoms with Gasteiger partial charge in [-0.25, -0.2) is 0 Å². The lowest BCUT2D eigenvalue weighted by atomic mass is 9.72. The highest BCUT2D eigenvalue weighted by atomic mass is 79.9. The summed E-state index contributed by atoms with van der Waals surface area (Å²) in [5.41, 5.74) is 0.391. The van der Waals surface area contributed by atoms with E-state index < -0.39 is 5.41 Å². The van der Waals surface area contributed by atoms with Crippen LogP contribution < -0.4 is 0 Å². The maximum absolute atomic E-state index is 9.73. The maximum atomic E-state index is 9.73. The van der Waals surface area contributed by atoms with Gasteiger partial charge in [0.2, 0.25) is 0 Å². The van der Waals surface area contributed by atoms with E-state index >= 15 is 0 Å². The molecule has 1 saturated heterocycles. The molecule has 1 aliphatic carbocycles. The van der Waals surface area contributed by atoms with Gasteiger partial charge in [0.15, 0.2) is 6.29 Å². The Morgan fingerprint density at radius 2 is 2.00 bits per heavy atom. The van der Waals surface area contributed by atoms with E-state index in [2.05, 4.69) is 27.0 Å². The first-order chi connectivity index (χ1) is 12.2. The first-order valence-electron chi connectivity index (χ1n) is 9.10. The maximum Gasteiger partial charge on any atom is 0.157 e. The summed E-state index contributed by atoms with van der Waals surface area (Å²) in [6.45, 7) is 1.95. The van der Waals surface area contributed by atoms with E-state index in [1.807, 2.05) is 12.1 Å². The van der Waals surface area contributed by atoms with Crippen molar-refractivity contribution in [1.29, 1.82) is 5.26 Å². The van der Waals surface area contributed by atoms with Crippen molar-refractivity contribution in [1.82, 2.24) is 4.98 Å². The summed E-state index contributed by atoms with van der Waals surface area (Å²) in [4.78, 5) is 4.45. The summed E-state index contributed by atoms with van der Waals surface area (Å²) < 4.78 is 18.1. The van der Waals surface area contributed by atoms with Gasteiger partial charge in [-0.1, -0.05) is 0 Å². The van der Waals surface area contributed by atoms with E-state index in [1.165, 1.54) is 6.42 Å². The number of nitriles is 1. The van der Waals surface area contributed by atoms with Gasteiger partial charge in [0, 0.05) is 17.3 Å². The van der Waals surface area contributed by atoms with Crippen molar-refractivity contribution in [2.75, 3.05) is 19.8 Å². The summed E-state index contributed by atoms with van der Waals surface area (Å²) in [5, 5.41) is 9.73. The van der Waals surface area contributed by atoms with Crippen molar-refractivity contribution >= 4 is 15.9 Å². The fourth-order valence-electron chi connectivity index (χ4n) is 3.57. The van der Waals surface area contributed by atoms with Crippen LogP contribution in [0.3, 0.4) is 0 Å². The summed E-state index contributed by atoms with van der Waals surface area (Å²) in [6, 6.07) is 6.41. The Hall–Kier alpha value is -1.00. The van der Waals surface area contributed by atoms with Crippen molar-refractivity contribution in [2.24, 2.45) is 0 Å². The molecule has 2 aliphatic rings. The lowest BCUT2D eigenvalue weighted by Crippen LogP contribution is -2.34. The van der Waals surface area contributed by atoms with Crippen LogP contribution in [-0.2, 0) is 19.6 Å². The number of hydrogen-bond donors (Lipinski definition) is 0. The monoisotopic (exact) mass is 408 g/mol. The van der Waals surface area contributed by atoms with Crippen LogP contribution in [0.5, 0.6) is 0 Å². The second-order valence-electron chi connectivity index (χ2n) is 6.79. The highest BCUT2D eigenvalue weighted by Gasteiger charge is 2.38. The van der Waals surface area contributed by atoms with Gasteiger partial charge in [-0.05, 0) is 73.0 Å². The molecule has 1 saturated carbocycles.